The summed E-state index contributed by atoms with van der Waals surface area (Å²) in [7, 11) is -11.2. The summed E-state index contributed by atoms with van der Waals surface area (Å²) >= 11 is 0. The van der Waals surface area contributed by atoms with Crippen LogP contribution in [0.1, 0.15) is 38.5 Å². The maximum Gasteiger partial charge on any atom is 0.330 e. The maximum atomic E-state index is 12.0. The van der Waals surface area contributed by atoms with Gasteiger partial charge >= 0.3 is 5.69 Å². The van der Waals surface area contributed by atoms with Gasteiger partial charge in [-0.25, -0.2) is 9.11 Å². The van der Waals surface area contributed by atoms with Crippen LogP contribution in [-0.2, 0) is 36.8 Å². The molecule has 3 rings (SSSR count). The highest BCUT2D eigenvalue weighted by Crippen LogP contribution is 2.57. The van der Waals surface area contributed by atoms with E-state index in [1.807, 2.05) is 0 Å². The molecule has 0 aromatic carbocycles. The normalized spacial score (nSPS) is 34.9. The fraction of sp³-hybridized carbons (Fsp3) is 0.706. The highest BCUT2D eigenvalue weighted by Gasteiger charge is 2.45. The van der Waals surface area contributed by atoms with Crippen LogP contribution < -0.4 is 21.0 Å². The highest BCUT2D eigenvalue weighted by molar-refractivity contribution is 7.59. The van der Waals surface area contributed by atoms with Gasteiger partial charge in [-0.1, -0.05) is 0 Å². The van der Waals surface area contributed by atoms with E-state index in [1.165, 1.54) is 20.0 Å². The molecule has 2 saturated heterocycles. The second kappa shape index (κ2) is 10.1. The summed E-state index contributed by atoms with van der Waals surface area (Å²) in [6, 6.07) is 0. The van der Waals surface area contributed by atoms with E-state index in [2.05, 4.69) is 18.3 Å². The maximum absolute atomic E-state index is 12.0. The molecule has 1 aromatic rings. The molecule has 198 valence electrons. The Bertz CT molecular complexity index is 1180. The zero-order chi connectivity index (χ0) is 26.3. The van der Waals surface area contributed by atoms with Crippen molar-refractivity contribution in [1.82, 2.24) is 9.55 Å². The van der Waals surface area contributed by atoms with E-state index in [-0.39, 0.29) is 12.0 Å². The number of H-pyrrole nitrogens is 1. The predicted molar refractivity (Wildman–Crippen MR) is 109 cm³/mol. The van der Waals surface area contributed by atoms with E-state index >= 15 is 0 Å². The van der Waals surface area contributed by atoms with Gasteiger partial charge in [0.05, 0.1) is 12.7 Å². The van der Waals surface area contributed by atoms with Gasteiger partial charge in [-0.3, -0.25) is 32.8 Å². The molecule has 0 spiro atoms. The van der Waals surface area contributed by atoms with E-state index < -0.39 is 82.1 Å². The number of hydrogen-bond acceptors (Lipinski definition) is 14. The minimum atomic E-state index is -5.62. The van der Waals surface area contributed by atoms with Crippen molar-refractivity contribution in [3.8, 4) is 0 Å². The zero-order valence-electron chi connectivity index (χ0n) is 18.7. The molecule has 2 unspecified atom stereocenters. The number of aromatic nitrogens is 2. The van der Waals surface area contributed by atoms with Crippen molar-refractivity contribution in [2.24, 2.45) is 0 Å². The molecule has 8 atom stereocenters. The monoisotopic (exact) mass is 542 g/mol. The van der Waals surface area contributed by atoms with Gasteiger partial charge in [0.15, 0.2) is 12.1 Å². The SMILES string of the molecule is Cc1cn([C@H]2C[C@H](O)[C@@H](COP(=O)([O-])OP(=O)([O-])O[C@@H]3C[C@](C)(O)C(=O)[C@@H](C)O3)O2)c(=O)[nH]c1=O. The lowest BCUT2D eigenvalue weighted by atomic mass is 9.91. The Labute approximate surface area is 197 Å². The number of aryl methyl sites for hydroxylation is 1. The van der Waals surface area contributed by atoms with Gasteiger partial charge in [-0.15, -0.1) is 0 Å². The van der Waals surface area contributed by atoms with E-state index in [0.29, 0.717) is 0 Å². The van der Waals surface area contributed by atoms with Gasteiger partial charge in [0, 0.05) is 24.6 Å². The summed E-state index contributed by atoms with van der Waals surface area (Å²) in [6.07, 6.45) is -6.19. The van der Waals surface area contributed by atoms with E-state index in [1.54, 1.807) is 0 Å². The fourth-order valence-corrected chi connectivity index (χ4v) is 5.64. The molecule has 35 heavy (non-hydrogen) atoms. The average molecular weight is 542 g/mol. The summed E-state index contributed by atoms with van der Waals surface area (Å²) < 4.78 is 48.5. The molecule has 2 aliphatic heterocycles. The summed E-state index contributed by atoms with van der Waals surface area (Å²) in [5.41, 5.74) is -3.21. The second-order valence-electron chi connectivity index (χ2n) is 8.34. The number of nitrogens with one attached hydrogen (secondary N) is 1. The number of rotatable bonds is 8. The molecular formula is C17H24N2O14P2-2. The topological polar surface area (TPSA) is 239 Å². The smallest absolute Gasteiger partial charge is 0.330 e. The van der Waals surface area contributed by atoms with Crippen LogP contribution in [-0.4, -0.2) is 62.4 Å². The lowest BCUT2D eigenvalue weighted by Gasteiger charge is -2.39. The summed E-state index contributed by atoms with van der Waals surface area (Å²) in [5.74, 6) is -0.718. The van der Waals surface area contributed by atoms with Gasteiger partial charge in [-0.05, 0) is 20.8 Å². The summed E-state index contributed by atoms with van der Waals surface area (Å²) in [6.45, 7) is 2.92. The van der Waals surface area contributed by atoms with Crippen LogP contribution in [0, 0.1) is 6.92 Å². The van der Waals surface area contributed by atoms with Crippen LogP contribution in [0.15, 0.2) is 15.8 Å². The third kappa shape index (κ3) is 6.81. The van der Waals surface area contributed by atoms with Crippen molar-refractivity contribution in [2.75, 3.05) is 6.61 Å². The van der Waals surface area contributed by atoms with Crippen LogP contribution in [0.3, 0.4) is 0 Å². The fourth-order valence-electron chi connectivity index (χ4n) is 3.57. The Balaban J connectivity index is 1.58. The second-order valence-corrected chi connectivity index (χ2v) is 11.2. The molecule has 2 aliphatic rings. The van der Waals surface area contributed by atoms with Crippen molar-refractivity contribution < 1.29 is 56.8 Å². The minimum absolute atomic E-state index is 0.164. The van der Waals surface area contributed by atoms with E-state index in [0.717, 1.165) is 11.5 Å². The zero-order valence-corrected chi connectivity index (χ0v) is 20.5. The number of Topliss-reactive ketones (excluding diaryl/α,β-unsaturated/α-hetero) is 1. The molecular weight excluding hydrogens is 518 g/mol. The largest absolute Gasteiger partial charge is 0.756 e. The average Bonchev–Trinajstić information content (AvgIpc) is 3.06. The molecule has 18 heteroatoms. The number of aliphatic hydroxyl groups is 2. The van der Waals surface area contributed by atoms with Crippen molar-refractivity contribution in [3.05, 3.63) is 32.6 Å². The number of hydrogen-bond donors (Lipinski definition) is 3. The Morgan fingerprint density at radius 3 is 2.54 bits per heavy atom. The van der Waals surface area contributed by atoms with Gasteiger partial charge in [0.25, 0.3) is 21.2 Å². The van der Waals surface area contributed by atoms with Crippen LogP contribution in [0.25, 0.3) is 0 Å². The molecule has 16 nitrogen and oxygen atoms in total. The van der Waals surface area contributed by atoms with Crippen LogP contribution in [0.4, 0.5) is 0 Å². The van der Waals surface area contributed by atoms with E-state index in [9.17, 15) is 43.5 Å². The Kier molecular flexibility index (Phi) is 8.07. The molecule has 3 heterocycles. The van der Waals surface area contributed by atoms with Crippen molar-refractivity contribution in [3.63, 3.8) is 0 Å². The first kappa shape index (κ1) is 28.0. The Morgan fingerprint density at radius 2 is 1.91 bits per heavy atom. The van der Waals surface area contributed by atoms with E-state index in [4.69, 9.17) is 9.47 Å². The van der Waals surface area contributed by atoms with Gasteiger partial charge < -0.3 is 34.0 Å². The number of carbonyl (C=O) groups is 1. The first-order chi connectivity index (χ1) is 16.0. The Morgan fingerprint density at radius 1 is 1.26 bits per heavy atom. The summed E-state index contributed by atoms with van der Waals surface area (Å²) in [5, 5.41) is 20.2. The number of ketones is 1. The number of aliphatic hydroxyl groups excluding tert-OH is 1. The first-order valence-corrected chi connectivity index (χ1v) is 13.2. The summed E-state index contributed by atoms with van der Waals surface area (Å²) in [4.78, 5) is 61.4. The lowest BCUT2D eigenvalue weighted by Crippen LogP contribution is -2.52. The number of phosphoric acid groups is 2. The number of nitrogens with zero attached hydrogens (tertiary/aromatic N) is 1. The van der Waals surface area contributed by atoms with Gasteiger partial charge in [0.2, 0.25) is 0 Å². The van der Waals surface area contributed by atoms with Crippen LogP contribution in [0.2, 0.25) is 0 Å². The quantitative estimate of drug-likeness (QED) is 0.299. The Hall–Kier alpha value is -1.55. The molecule has 0 bridgehead atoms. The molecule has 0 aliphatic carbocycles. The number of phosphoric ester groups is 2. The third-order valence-electron chi connectivity index (χ3n) is 5.32. The predicted octanol–water partition coefficient (Wildman–Crippen LogP) is -2.06. The van der Waals surface area contributed by atoms with Crippen molar-refractivity contribution in [2.45, 2.75) is 70.0 Å². The molecule has 0 amide bonds. The van der Waals surface area contributed by atoms with Gasteiger partial charge in [-0.2, -0.15) is 0 Å². The molecule has 1 aromatic heterocycles. The standard InChI is InChI=1S/C17H26N2O14P2/c1-8-6-19(16(23)18-15(8)22)12-4-10(20)11(31-12)7-29-34(25,26)33-35(27,28)32-13-5-17(3,24)14(21)9(2)30-13/h6,9-13,20,24H,4-5,7H2,1-3H3,(H,25,26)(H,27,28)(H,18,22,23)/p-2/t9-,10+,11-,12-,13-,17+/m1/s1. The van der Waals surface area contributed by atoms with Crippen molar-refractivity contribution >= 4 is 21.4 Å². The molecule has 0 saturated carbocycles. The lowest BCUT2D eigenvalue weighted by molar-refractivity contribution is -0.265. The number of aromatic amines is 1. The third-order valence-corrected chi connectivity index (χ3v) is 7.88. The molecule has 0 radical (unpaired) electrons. The van der Waals surface area contributed by atoms with Crippen LogP contribution in [0.5, 0.6) is 0 Å². The number of ether oxygens (including phenoxy) is 2. The van der Waals surface area contributed by atoms with Crippen molar-refractivity contribution in [1.29, 1.82) is 0 Å². The molecule has 3 N–H and O–H groups in total. The first-order valence-electron chi connectivity index (χ1n) is 10.2. The molecule has 2 fully saturated rings. The minimum Gasteiger partial charge on any atom is -0.756 e. The number of carbonyl (C=O) groups excluding carboxylic acids is 1. The van der Waals surface area contributed by atoms with Crippen LogP contribution >= 0.6 is 15.6 Å². The van der Waals surface area contributed by atoms with Gasteiger partial charge in [0.1, 0.15) is 24.0 Å². The highest BCUT2D eigenvalue weighted by atomic mass is 31.3.